The maximum atomic E-state index is 13.0. The molecule has 1 aliphatic rings. The second-order valence-corrected chi connectivity index (χ2v) is 6.02. The number of para-hydroxylation sites is 2. The second kappa shape index (κ2) is 7.47. The highest BCUT2D eigenvalue weighted by Crippen LogP contribution is 2.26. The molecule has 3 nitrogen and oxygen atoms in total. The fourth-order valence-corrected chi connectivity index (χ4v) is 3.07. The molecule has 122 valence electrons. The number of nitrogens with one attached hydrogen (secondary N) is 1. The smallest absolute Gasteiger partial charge is 0.141 e. The SMILES string of the molecule is COc1ccccc1NC1CCN(Cc2ccc(F)cc2)CC1. The fraction of sp³-hybridized carbons (Fsp3) is 0.368. The summed E-state index contributed by atoms with van der Waals surface area (Å²) < 4.78 is 18.3. The van der Waals surface area contributed by atoms with Gasteiger partial charge in [-0.3, -0.25) is 4.90 Å². The number of piperidine rings is 1. The van der Waals surface area contributed by atoms with E-state index in [1.54, 1.807) is 7.11 Å². The first-order chi connectivity index (χ1) is 11.2. The number of halogens is 1. The van der Waals surface area contributed by atoms with Crippen LogP contribution in [-0.2, 0) is 6.54 Å². The highest BCUT2D eigenvalue weighted by molar-refractivity contribution is 5.56. The van der Waals surface area contributed by atoms with Gasteiger partial charge in [0.15, 0.2) is 0 Å². The van der Waals surface area contributed by atoms with Crippen LogP contribution in [0.4, 0.5) is 10.1 Å². The van der Waals surface area contributed by atoms with Crippen LogP contribution in [0.3, 0.4) is 0 Å². The molecule has 0 bridgehead atoms. The van der Waals surface area contributed by atoms with Gasteiger partial charge in [-0.2, -0.15) is 0 Å². The molecule has 0 atom stereocenters. The first-order valence-electron chi connectivity index (χ1n) is 8.11. The Balaban J connectivity index is 1.51. The Morgan fingerprint density at radius 2 is 1.78 bits per heavy atom. The Morgan fingerprint density at radius 3 is 2.48 bits per heavy atom. The monoisotopic (exact) mass is 314 g/mol. The van der Waals surface area contributed by atoms with E-state index in [1.807, 2.05) is 30.3 Å². The molecule has 0 unspecified atom stereocenters. The number of hydrogen-bond acceptors (Lipinski definition) is 3. The third-order valence-electron chi connectivity index (χ3n) is 4.37. The molecule has 1 N–H and O–H groups in total. The molecule has 0 spiro atoms. The summed E-state index contributed by atoms with van der Waals surface area (Å²) >= 11 is 0. The van der Waals surface area contributed by atoms with Crippen molar-refractivity contribution in [3.63, 3.8) is 0 Å². The van der Waals surface area contributed by atoms with Crippen LogP contribution >= 0.6 is 0 Å². The van der Waals surface area contributed by atoms with E-state index in [4.69, 9.17) is 4.74 Å². The van der Waals surface area contributed by atoms with Crippen LogP contribution < -0.4 is 10.1 Å². The van der Waals surface area contributed by atoms with Crippen molar-refractivity contribution in [1.82, 2.24) is 4.90 Å². The molecule has 23 heavy (non-hydrogen) atoms. The van der Waals surface area contributed by atoms with Gasteiger partial charge < -0.3 is 10.1 Å². The van der Waals surface area contributed by atoms with Crippen LogP contribution in [0, 0.1) is 5.82 Å². The molecule has 2 aromatic carbocycles. The lowest BCUT2D eigenvalue weighted by Gasteiger charge is -2.33. The summed E-state index contributed by atoms with van der Waals surface area (Å²) in [6.07, 6.45) is 2.19. The first kappa shape index (κ1) is 15.8. The van der Waals surface area contributed by atoms with Crippen LogP contribution in [-0.4, -0.2) is 31.1 Å². The lowest BCUT2D eigenvalue weighted by atomic mass is 10.0. The van der Waals surface area contributed by atoms with E-state index >= 15 is 0 Å². The van der Waals surface area contributed by atoms with Gasteiger partial charge in [0.25, 0.3) is 0 Å². The summed E-state index contributed by atoms with van der Waals surface area (Å²) in [4.78, 5) is 2.42. The van der Waals surface area contributed by atoms with Crippen LogP contribution in [0.1, 0.15) is 18.4 Å². The van der Waals surface area contributed by atoms with Crippen molar-refractivity contribution in [3.8, 4) is 5.75 Å². The summed E-state index contributed by atoms with van der Waals surface area (Å²) in [7, 11) is 1.70. The average Bonchev–Trinajstić information content (AvgIpc) is 2.59. The van der Waals surface area contributed by atoms with E-state index in [9.17, 15) is 4.39 Å². The van der Waals surface area contributed by atoms with Crippen LogP contribution in [0.25, 0.3) is 0 Å². The van der Waals surface area contributed by atoms with Crippen molar-refractivity contribution >= 4 is 5.69 Å². The molecule has 0 aliphatic carbocycles. The summed E-state index contributed by atoms with van der Waals surface area (Å²) in [6, 6.07) is 15.3. The number of ether oxygens (including phenoxy) is 1. The minimum absolute atomic E-state index is 0.173. The molecule has 0 aromatic heterocycles. The Kier molecular flexibility index (Phi) is 5.13. The molecule has 4 heteroatoms. The van der Waals surface area contributed by atoms with Gasteiger partial charge in [0.1, 0.15) is 11.6 Å². The third kappa shape index (κ3) is 4.23. The number of benzene rings is 2. The Morgan fingerprint density at radius 1 is 1.09 bits per heavy atom. The molecule has 1 heterocycles. The number of rotatable bonds is 5. The van der Waals surface area contributed by atoms with Gasteiger partial charge in [-0.1, -0.05) is 24.3 Å². The molecule has 3 rings (SSSR count). The highest BCUT2D eigenvalue weighted by atomic mass is 19.1. The van der Waals surface area contributed by atoms with Crippen molar-refractivity contribution < 1.29 is 9.13 Å². The van der Waals surface area contributed by atoms with Crippen LogP contribution in [0.15, 0.2) is 48.5 Å². The van der Waals surface area contributed by atoms with Gasteiger partial charge in [0.2, 0.25) is 0 Å². The highest BCUT2D eigenvalue weighted by Gasteiger charge is 2.19. The summed E-state index contributed by atoms with van der Waals surface area (Å²) in [5.41, 5.74) is 2.23. The normalized spacial score (nSPS) is 16.3. The fourth-order valence-electron chi connectivity index (χ4n) is 3.07. The summed E-state index contributed by atoms with van der Waals surface area (Å²) in [6.45, 7) is 2.98. The van der Waals surface area contributed by atoms with Crippen LogP contribution in [0.2, 0.25) is 0 Å². The van der Waals surface area contributed by atoms with Gasteiger partial charge in [0.05, 0.1) is 12.8 Å². The number of likely N-dealkylation sites (tertiary alicyclic amines) is 1. The van der Waals surface area contributed by atoms with Crippen LogP contribution in [0.5, 0.6) is 5.75 Å². The second-order valence-electron chi connectivity index (χ2n) is 6.02. The van der Waals surface area contributed by atoms with E-state index in [-0.39, 0.29) is 5.82 Å². The quantitative estimate of drug-likeness (QED) is 0.905. The van der Waals surface area contributed by atoms with E-state index in [1.165, 1.54) is 17.7 Å². The average molecular weight is 314 g/mol. The van der Waals surface area contributed by atoms with E-state index in [2.05, 4.69) is 16.3 Å². The molecule has 2 aromatic rings. The number of nitrogens with zero attached hydrogens (tertiary/aromatic N) is 1. The van der Waals surface area contributed by atoms with E-state index in [0.29, 0.717) is 6.04 Å². The molecular formula is C19H23FN2O. The third-order valence-corrected chi connectivity index (χ3v) is 4.37. The standard InChI is InChI=1S/C19H23FN2O/c1-23-19-5-3-2-4-18(19)21-17-10-12-22(13-11-17)14-15-6-8-16(20)9-7-15/h2-9,17,21H,10-14H2,1H3. The molecule has 0 saturated carbocycles. The topological polar surface area (TPSA) is 24.5 Å². The molecule has 1 fully saturated rings. The molecule has 0 radical (unpaired) electrons. The lowest BCUT2D eigenvalue weighted by Crippen LogP contribution is -2.38. The van der Waals surface area contributed by atoms with E-state index < -0.39 is 0 Å². The zero-order valence-corrected chi connectivity index (χ0v) is 13.5. The van der Waals surface area contributed by atoms with Crippen molar-refractivity contribution in [1.29, 1.82) is 0 Å². The maximum absolute atomic E-state index is 13.0. The van der Waals surface area contributed by atoms with Gasteiger partial charge in [-0.05, 0) is 42.7 Å². The van der Waals surface area contributed by atoms with Crippen molar-refractivity contribution in [2.24, 2.45) is 0 Å². The molecule has 0 amide bonds. The number of anilines is 1. The Bertz CT molecular complexity index is 622. The summed E-state index contributed by atoms with van der Waals surface area (Å²) in [5, 5.41) is 3.59. The zero-order valence-electron chi connectivity index (χ0n) is 13.5. The zero-order chi connectivity index (χ0) is 16.1. The predicted molar refractivity (Wildman–Crippen MR) is 91.3 cm³/mol. The minimum Gasteiger partial charge on any atom is -0.495 e. The maximum Gasteiger partial charge on any atom is 0.141 e. The van der Waals surface area contributed by atoms with Gasteiger partial charge in [-0.15, -0.1) is 0 Å². The van der Waals surface area contributed by atoms with Crippen molar-refractivity contribution in [2.45, 2.75) is 25.4 Å². The number of methoxy groups -OCH3 is 1. The largest absolute Gasteiger partial charge is 0.495 e. The molecule has 1 saturated heterocycles. The van der Waals surface area contributed by atoms with Gasteiger partial charge in [0, 0.05) is 25.7 Å². The van der Waals surface area contributed by atoms with Gasteiger partial charge in [-0.25, -0.2) is 4.39 Å². The predicted octanol–water partition coefficient (Wildman–Crippen LogP) is 3.91. The minimum atomic E-state index is -0.173. The summed E-state index contributed by atoms with van der Waals surface area (Å²) in [5.74, 6) is 0.717. The Labute approximate surface area is 137 Å². The van der Waals surface area contributed by atoms with Crippen molar-refractivity contribution in [3.05, 3.63) is 59.9 Å². The number of hydrogen-bond donors (Lipinski definition) is 1. The van der Waals surface area contributed by atoms with Gasteiger partial charge >= 0.3 is 0 Å². The first-order valence-corrected chi connectivity index (χ1v) is 8.11. The Hall–Kier alpha value is -2.07. The van der Waals surface area contributed by atoms with E-state index in [0.717, 1.165) is 43.9 Å². The molecule has 1 aliphatic heterocycles. The lowest BCUT2D eigenvalue weighted by molar-refractivity contribution is 0.211. The molecular weight excluding hydrogens is 291 g/mol. The van der Waals surface area contributed by atoms with Crippen molar-refractivity contribution in [2.75, 3.05) is 25.5 Å².